The molecule has 2 amide bonds. The molecule has 1 aromatic carbocycles. The Kier molecular flexibility index (Phi) is 4.69. The number of aromatic nitrogens is 2. The van der Waals surface area contributed by atoms with Crippen molar-refractivity contribution in [3.05, 3.63) is 30.6 Å². The van der Waals surface area contributed by atoms with E-state index in [0.717, 1.165) is 13.1 Å². The lowest BCUT2D eigenvalue weighted by molar-refractivity contribution is 0.122. The Labute approximate surface area is 150 Å². The summed E-state index contributed by atoms with van der Waals surface area (Å²) in [5.41, 5.74) is 1.12. The van der Waals surface area contributed by atoms with Crippen molar-refractivity contribution in [3.8, 4) is 11.5 Å². The minimum atomic E-state index is -0.385. The molecule has 1 fully saturated rings. The maximum absolute atomic E-state index is 12.2. The summed E-state index contributed by atoms with van der Waals surface area (Å²) in [7, 11) is 0. The van der Waals surface area contributed by atoms with E-state index >= 15 is 0 Å². The van der Waals surface area contributed by atoms with Gasteiger partial charge in [-0.25, -0.2) is 14.8 Å². The third-order valence-electron chi connectivity index (χ3n) is 3.99. The van der Waals surface area contributed by atoms with E-state index in [2.05, 4.69) is 20.6 Å². The molecule has 2 N–H and O–H groups in total. The summed E-state index contributed by atoms with van der Waals surface area (Å²) in [6.45, 7) is 3.88. The third kappa shape index (κ3) is 3.77. The minimum absolute atomic E-state index is 0.385. The molecule has 1 saturated heterocycles. The second-order valence-corrected chi connectivity index (χ2v) is 5.81. The van der Waals surface area contributed by atoms with Crippen molar-refractivity contribution in [2.45, 2.75) is 0 Å². The van der Waals surface area contributed by atoms with Gasteiger partial charge in [0.2, 0.25) is 5.95 Å². The van der Waals surface area contributed by atoms with Gasteiger partial charge >= 0.3 is 6.03 Å². The highest BCUT2D eigenvalue weighted by molar-refractivity contribution is 5.99. The number of fused-ring (bicyclic) bond motifs is 1. The quantitative estimate of drug-likeness (QED) is 0.863. The second kappa shape index (κ2) is 7.44. The largest absolute Gasteiger partial charge is 0.486 e. The van der Waals surface area contributed by atoms with Crippen LogP contribution in [0.5, 0.6) is 11.5 Å². The van der Waals surface area contributed by atoms with Gasteiger partial charge in [0, 0.05) is 24.8 Å². The molecule has 2 aromatic rings. The number of ether oxygens (including phenoxy) is 3. The van der Waals surface area contributed by atoms with Gasteiger partial charge in [-0.1, -0.05) is 0 Å². The van der Waals surface area contributed by atoms with Crippen LogP contribution in [0.1, 0.15) is 0 Å². The topological polar surface area (TPSA) is 97.8 Å². The fourth-order valence-corrected chi connectivity index (χ4v) is 2.73. The molecule has 0 radical (unpaired) electrons. The van der Waals surface area contributed by atoms with Crippen LogP contribution in [0, 0.1) is 0 Å². The fourth-order valence-electron chi connectivity index (χ4n) is 2.73. The zero-order chi connectivity index (χ0) is 17.8. The average Bonchev–Trinajstić information content (AvgIpc) is 2.69. The van der Waals surface area contributed by atoms with E-state index in [4.69, 9.17) is 14.2 Å². The van der Waals surface area contributed by atoms with E-state index in [-0.39, 0.29) is 6.03 Å². The smallest absolute Gasteiger partial charge is 0.323 e. The van der Waals surface area contributed by atoms with Crippen molar-refractivity contribution in [3.63, 3.8) is 0 Å². The Morgan fingerprint density at radius 1 is 0.923 bits per heavy atom. The van der Waals surface area contributed by atoms with Crippen LogP contribution in [0.3, 0.4) is 0 Å². The average molecular weight is 357 g/mol. The van der Waals surface area contributed by atoms with E-state index in [1.54, 1.807) is 30.6 Å². The van der Waals surface area contributed by atoms with E-state index in [1.807, 2.05) is 4.90 Å². The number of morpholine rings is 1. The van der Waals surface area contributed by atoms with Crippen molar-refractivity contribution in [2.75, 3.05) is 55.1 Å². The molecule has 0 unspecified atom stereocenters. The van der Waals surface area contributed by atoms with E-state index in [0.29, 0.717) is 55.2 Å². The predicted molar refractivity (Wildman–Crippen MR) is 95.1 cm³/mol. The van der Waals surface area contributed by atoms with Crippen molar-refractivity contribution in [1.82, 2.24) is 9.97 Å². The predicted octanol–water partition coefficient (Wildman–Crippen LogP) is 1.73. The normalized spacial score (nSPS) is 16.1. The fraction of sp³-hybridized carbons (Fsp3) is 0.353. The number of amides is 2. The molecule has 9 heteroatoms. The Balaban J connectivity index is 1.35. The molecule has 0 atom stereocenters. The van der Waals surface area contributed by atoms with Crippen LogP contribution in [-0.4, -0.2) is 55.5 Å². The molecule has 9 nitrogen and oxygen atoms in total. The highest BCUT2D eigenvalue weighted by Gasteiger charge is 2.15. The molecule has 0 saturated carbocycles. The van der Waals surface area contributed by atoms with Crippen molar-refractivity contribution >= 4 is 23.4 Å². The summed E-state index contributed by atoms with van der Waals surface area (Å²) in [6.07, 6.45) is 3.17. The number of urea groups is 1. The summed E-state index contributed by atoms with van der Waals surface area (Å²) in [5, 5.41) is 5.46. The summed E-state index contributed by atoms with van der Waals surface area (Å²) in [4.78, 5) is 22.8. The van der Waals surface area contributed by atoms with Gasteiger partial charge in [0.25, 0.3) is 0 Å². The standard InChI is InChI=1S/C17H19N5O4/c23-17(20-12-1-2-14-15(9-12)26-8-7-25-14)21-13-10-18-16(19-11-13)22-3-5-24-6-4-22/h1-2,9-11H,3-8H2,(H2,20,21,23). The van der Waals surface area contributed by atoms with Gasteiger partial charge in [-0.3, -0.25) is 0 Å². The monoisotopic (exact) mass is 357 g/mol. The first-order valence-corrected chi connectivity index (χ1v) is 8.40. The molecule has 4 rings (SSSR count). The molecule has 3 heterocycles. The van der Waals surface area contributed by atoms with Gasteiger partial charge in [0.1, 0.15) is 13.2 Å². The van der Waals surface area contributed by atoms with Crippen LogP contribution in [0.25, 0.3) is 0 Å². The lowest BCUT2D eigenvalue weighted by Gasteiger charge is -2.26. The van der Waals surface area contributed by atoms with Crippen molar-refractivity contribution < 1.29 is 19.0 Å². The van der Waals surface area contributed by atoms with Crippen LogP contribution in [0.15, 0.2) is 30.6 Å². The van der Waals surface area contributed by atoms with Crippen molar-refractivity contribution in [2.24, 2.45) is 0 Å². The lowest BCUT2D eigenvalue weighted by Crippen LogP contribution is -2.37. The molecule has 136 valence electrons. The molecular formula is C17H19N5O4. The number of nitrogens with one attached hydrogen (secondary N) is 2. The molecule has 1 aromatic heterocycles. The maximum atomic E-state index is 12.2. The molecule has 0 bridgehead atoms. The first-order valence-electron chi connectivity index (χ1n) is 8.40. The van der Waals surface area contributed by atoms with Gasteiger partial charge in [-0.05, 0) is 12.1 Å². The number of nitrogens with zero attached hydrogens (tertiary/aromatic N) is 3. The third-order valence-corrected chi connectivity index (χ3v) is 3.99. The van der Waals surface area contributed by atoms with Crippen LogP contribution in [0.2, 0.25) is 0 Å². The van der Waals surface area contributed by atoms with E-state index in [1.165, 1.54) is 0 Å². The Bertz CT molecular complexity index is 777. The van der Waals surface area contributed by atoms with Crippen LogP contribution in [-0.2, 0) is 4.74 Å². The van der Waals surface area contributed by atoms with Gasteiger partial charge in [-0.2, -0.15) is 0 Å². The SMILES string of the molecule is O=C(Nc1cnc(N2CCOCC2)nc1)Nc1ccc2c(c1)OCCO2. The Morgan fingerprint density at radius 3 is 2.38 bits per heavy atom. The summed E-state index contributed by atoms with van der Waals surface area (Å²) < 4.78 is 16.3. The molecular weight excluding hydrogens is 338 g/mol. The number of hydrogen-bond donors (Lipinski definition) is 2. The van der Waals surface area contributed by atoms with Crippen LogP contribution >= 0.6 is 0 Å². The number of hydrogen-bond acceptors (Lipinski definition) is 7. The number of benzene rings is 1. The molecule has 2 aliphatic rings. The summed E-state index contributed by atoms with van der Waals surface area (Å²) in [6, 6.07) is 4.87. The molecule has 2 aliphatic heterocycles. The number of anilines is 3. The van der Waals surface area contributed by atoms with Gasteiger partial charge in [-0.15, -0.1) is 0 Å². The molecule has 26 heavy (non-hydrogen) atoms. The van der Waals surface area contributed by atoms with Gasteiger partial charge in [0.15, 0.2) is 11.5 Å². The van der Waals surface area contributed by atoms with Gasteiger partial charge in [0.05, 0.1) is 31.3 Å². The second-order valence-electron chi connectivity index (χ2n) is 5.81. The summed E-state index contributed by atoms with van der Waals surface area (Å²) in [5.74, 6) is 1.92. The zero-order valence-electron chi connectivity index (χ0n) is 14.1. The van der Waals surface area contributed by atoms with E-state index < -0.39 is 0 Å². The highest BCUT2D eigenvalue weighted by Crippen LogP contribution is 2.32. The summed E-state index contributed by atoms with van der Waals surface area (Å²) >= 11 is 0. The molecule has 0 aliphatic carbocycles. The highest BCUT2D eigenvalue weighted by atomic mass is 16.6. The first-order chi connectivity index (χ1) is 12.8. The number of carbonyl (C=O) groups excluding carboxylic acids is 1. The molecule has 0 spiro atoms. The van der Waals surface area contributed by atoms with Crippen molar-refractivity contribution in [1.29, 1.82) is 0 Å². The number of rotatable bonds is 3. The van der Waals surface area contributed by atoms with Crippen LogP contribution < -0.4 is 25.0 Å². The zero-order valence-corrected chi connectivity index (χ0v) is 14.1. The Morgan fingerprint density at radius 2 is 1.62 bits per heavy atom. The minimum Gasteiger partial charge on any atom is -0.486 e. The van der Waals surface area contributed by atoms with Crippen LogP contribution in [0.4, 0.5) is 22.1 Å². The van der Waals surface area contributed by atoms with E-state index in [9.17, 15) is 4.79 Å². The Hall–Kier alpha value is -3.07. The number of carbonyl (C=O) groups is 1. The first kappa shape index (κ1) is 16.4. The lowest BCUT2D eigenvalue weighted by atomic mass is 10.2. The maximum Gasteiger partial charge on any atom is 0.323 e. The van der Waals surface area contributed by atoms with Gasteiger partial charge < -0.3 is 29.7 Å².